The molecule has 3 aromatic rings. The van der Waals surface area contributed by atoms with Crippen LogP contribution >= 0.6 is 0 Å². The fourth-order valence-electron chi connectivity index (χ4n) is 2.59. The van der Waals surface area contributed by atoms with Crippen molar-refractivity contribution in [3.8, 4) is 0 Å². The molecule has 0 fully saturated rings. The highest BCUT2D eigenvalue weighted by atomic mass is 16.2. The molecule has 0 aliphatic carbocycles. The van der Waals surface area contributed by atoms with Crippen LogP contribution in [-0.4, -0.2) is 10.5 Å². The highest BCUT2D eigenvalue weighted by molar-refractivity contribution is 5.83. The Labute approximate surface area is 134 Å². The van der Waals surface area contributed by atoms with Crippen molar-refractivity contribution in [2.24, 2.45) is 0 Å². The van der Waals surface area contributed by atoms with Crippen LogP contribution in [0.25, 0.3) is 10.8 Å². The Morgan fingerprint density at radius 1 is 1.04 bits per heavy atom. The lowest BCUT2D eigenvalue weighted by Crippen LogP contribution is -2.33. The number of amides is 1. The molecule has 0 aliphatic heterocycles. The Balaban J connectivity index is 1.72. The molecular weight excluding hydrogens is 288 g/mol. The van der Waals surface area contributed by atoms with Crippen molar-refractivity contribution in [1.29, 1.82) is 0 Å². The highest BCUT2D eigenvalue weighted by Gasteiger charge is 2.11. The third-order valence-electron chi connectivity index (χ3n) is 3.86. The van der Waals surface area contributed by atoms with Gasteiger partial charge in [-0.25, -0.2) is 0 Å². The monoisotopic (exact) mass is 306 g/mol. The number of carbonyl (C=O) groups is 1. The van der Waals surface area contributed by atoms with E-state index >= 15 is 0 Å². The van der Waals surface area contributed by atoms with E-state index in [0.717, 1.165) is 10.9 Å². The van der Waals surface area contributed by atoms with E-state index in [4.69, 9.17) is 0 Å². The van der Waals surface area contributed by atoms with E-state index in [-0.39, 0.29) is 24.1 Å². The number of pyridine rings is 1. The number of nitrogens with zero attached hydrogens (tertiary/aromatic N) is 1. The van der Waals surface area contributed by atoms with E-state index in [9.17, 15) is 9.59 Å². The zero-order valence-corrected chi connectivity index (χ0v) is 12.9. The first kappa shape index (κ1) is 15.0. The lowest BCUT2D eigenvalue weighted by atomic mass is 10.0. The van der Waals surface area contributed by atoms with E-state index < -0.39 is 0 Å². The number of rotatable bonds is 4. The van der Waals surface area contributed by atoms with Gasteiger partial charge in [0.1, 0.15) is 6.54 Å². The van der Waals surface area contributed by atoms with Gasteiger partial charge in [0.15, 0.2) is 0 Å². The lowest BCUT2D eigenvalue weighted by molar-refractivity contribution is -0.122. The van der Waals surface area contributed by atoms with Gasteiger partial charge in [-0.1, -0.05) is 42.5 Å². The van der Waals surface area contributed by atoms with Gasteiger partial charge >= 0.3 is 0 Å². The molecule has 23 heavy (non-hydrogen) atoms. The fraction of sp³-hybridized carbons (Fsp3) is 0.158. The molecule has 1 atom stereocenters. The standard InChI is InChI=1S/C19H18N2O2/c1-14(16-10-9-15-6-2-3-7-17(15)12-16)20-18(22)13-21-11-5-4-8-19(21)23/h2-12,14H,13H2,1H3,(H,20,22)/t14-/m0/s1. The molecule has 116 valence electrons. The van der Waals surface area contributed by atoms with Crippen molar-refractivity contribution < 1.29 is 4.79 Å². The Kier molecular flexibility index (Phi) is 4.24. The summed E-state index contributed by atoms with van der Waals surface area (Å²) in [6.45, 7) is 1.97. The molecule has 0 saturated heterocycles. The van der Waals surface area contributed by atoms with Gasteiger partial charge in [-0.3, -0.25) is 9.59 Å². The van der Waals surface area contributed by atoms with Crippen molar-refractivity contribution in [2.75, 3.05) is 0 Å². The Bertz CT molecular complexity index is 899. The lowest BCUT2D eigenvalue weighted by Gasteiger charge is -2.15. The van der Waals surface area contributed by atoms with E-state index in [1.807, 2.05) is 25.1 Å². The summed E-state index contributed by atoms with van der Waals surface area (Å²) in [4.78, 5) is 23.8. The minimum absolute atomic E-state index is 0.0254. The first-order chi connectivity index (χ1) is 11.1. The Morgan fingerprint density at radius 2 is 1.78 bits per heavy atom. The average Bonchev–Trinajstić information content (AvgIpc) is 2.56. The smallest absolute Gasteiger partial charge is 0.250 e. The van der Waals surface area contributed by atoms with Crippen LogP contribution in [0.4, 0.5) is 0 Å². The molecule has 1 heterocycles. The van der Waals surface area contributed by atoms with Crippen LogP contribution in [0.3, 0.4) is 0 Å². The molecule has 0 unspecified atom stereocenters. The number of aromatic nitrogens is 1. The molecule has 0 bridgehead atoms. The second kappa shape index (κ2) is 6.48. The molecule has 4 heteroatoms. The molecular formula is C19H18N2O2. The maximum atomic E-state index is 12.1. The molecule has 1 aromatic heterocycles. The van der Waals surface area contributed by atoms with Crippen LogP contribution < -0.4 is 10.9 Å². The molecule has 0 saturated carbocycles. The first-order valence-electron chi connectivity index (χ1n) is 7.57. The van der Waals surface area contributed by atoms with Gasteiger partial charge in [-0.15, -0.1) is 0 Å². The van der Waals surface area contributed by atoms with E-state index in [2.05, 4.69) is 29.6 Å². The maximum Gasteiger partial charge on any atom is 0.250 e. The van der Waals surface area contributed by atoms with Gasteiger partial charge in [0.05, 0.1) is 6.04 Å². The van der Waals surface area contributed by atoms with E-state index in [0.29, 0.717) is 0 Å². The van der Waals surface area contributed by atoms with Crippen LogP contribution in [0, 0.1) is 0 Å². The number of hydrogen-bond acceptors (Lipinski definition) is 2. The fourth-order valence-corrected chi connectivity index (χ4v) is 2.59. The molecule has 4 nitrogen and oxygen atoms in total. The summed E-state index contributed by atoms with van der Waals surface area (Å²) >= 11 is 0. The highest BCUT2D eigenvalue weighted by Crippen LogP contribution is 2.20. The van der Waals surface area contributed by atoms with Crippen molar-refractivity contribution in [2.45, 2.75) is 19.5 Å². The topological polar surface area (TPSA) is 51.1 Å². The summed E-state index contributed by atoms with van der Waals surface area (Å²) in [5.41, 5.74) is 0.860. The minimum Gasteiger partial charge on any atom is -0.348 e. The van der Waals surface area contributed by atoms with Gasteiger partial charge in [-0.2, -0.15) is 0 Å². The van der Waals surface area contributed by atoms with Crippen LogP contribution in [-0.2, 0) is 11.3 Å². The number of benzene rings is 2. The molecule has 0 radical (unpaired) electrons. The zero-order valence-electron chi connectivity index (χ0n) is 12.9. The van der Waals surface area contributed by atoms with Crippen LogP contribution in [0.15, 0.2) is 71.7 Å². The SMILES string of the molecule is C[C@H](NC(=O)Cn1ccccc1=O)c1ccc2ccccc2c1. The van der Waals surface area contributed by atoms with E-state index in [1.54, 1.807) is 18.3 Å². The summed E-state index contributed by atoms with van der Waals surface area (Å²) in [7, 11) is 0. The summed E-state index contributed by atoms with van der Waals surface area (Å²) in [6.07, 6.45) is 1.61. The Morgan fingerprint density at radius 3 is 2.57 bits per heavy atom. The van der Waals surface area contributed by atoms with Crippen LogP contribution in [0.5, 0.6) is 0 Å². The molecule has 3 rings (SSSR count). The normalized spacial score (nSPS) is 12.0. The minimum atomic E-state index is -0.182. The number of carbonyl (C=O) groups excluding carboxylic acids is 1. The number of hydrogen-bond donors (Lipinski definition) is 1. The maximum absolute atomic E-state index is 12.1. The molecule has 1 amide bonds. The second-order valence-corrected chi connectivity index (χ2v) is 5.56. The van der Waals surface area contributed by atoms with Crippen LogP contribution in [0.1, 0.15) is 18.5 Å². The van der Waals surface area contributed by atoms with Gasteiger partial charge in [0, 0.05) is 12.3 Å². The zero-order chi connectivity index (χ0) is 16.2. The van der Waals surface area contributed by atoms with E-state index in [1.165, 1.54) is 16.0 Å². The summed E-state index contributed by atoms with van der Waals surface area (Å²) in [5, 5.41) is 5.25. The van der Waals surface area contributed by atoms with Gasteiger partial charge < -0.3 is 9.88 Å². The molecule has 0 aliphatic rings. The van der Waals surface area contributed by atoms with Gasteiger partial charge in [-0.05, 0) is 35.4 Å². The number of fused-ring (bicyclic) bond motifs is 1. The molecule has 0 spiro atoms. The predicted octanol–water partition coefficient (Wildman–Crippen LogP) is 2.88. The predicted molar refractivity (Wildman–Crippen MR) is 91.2 cm³/mol. The molecule has 1 N–H and O–H groups in total. The third-order valence-corrected chi connectivity index (χ3v) is 3.86. The average molecular weight is 306 g/mol. The van der Waals surface area contributed by atoms with Gasteiger partial charge in [0.2, 0.25) is 5.91 Å². The Hall–Kier alpha value is -2.88. The number of nitrogens with one attached hydrogen (secondary N) is 1. The van der Waals surface area contributed by atoms with Gasteiger partial charge in [0.25, 0.3) is 5.56 Å². The summed E-state index contributed by atoms with van der Waals surface area (Å²) in [5.74, 6) is -0.182. The van der Waals surface area contributed by atoms with Crippen molar-refractivity contribution in [1.82, 2.24) is 9.88 Å². The van der Waals surface area contributed by atoms with Crippen LogP contribution in [0.2, 0.25) is 0 Å². The van der Waals surface area contributed by atoms with Crippen molar-refractivity contribution in [3.05, 3.63) is 82.8 Å². The molecule has 2 aromatic carbocycles. The largest absolute Gasteiger partial charge is 0.348 e. The van der Waals surface area contributed by atoms with Crippen molar-refractivity contribution >= 4 is 16.7 Å². The third kappa shape index (κ3) is 3.48. The quantitative estimate of drug-likeness (QED) is 0.806. The summed E-state index contributed by atoms with van der Waals surface area (Å²) < 4.78 is 1.39. The summed E-state index contributed by atoms with van der Waals surface area (Å²) in [6, 6.07) is 19.0. The second-order valence-electron chi connectivity index (χ2n) is 5.56. The van der Waals surface area contributed by atoms with Crippen molar-refractivity contribution in [3.63, 3.8) is 0 Å². The first-order valence-corrected chi connectivity index (χ1v) is 7.57.